The van der Waals surface area contributed by atoms with Crippen LogP contribution in [0.4, 0.5) is 4.79 Å². The van der Waals surface area contributed by atoms with Crippen molar-refractivity contribution < 1.29 is 14.6 Å². The first-order valence-corrected chi connectivity index (χ1v) is 8.32. The molecule has 1 aliphatic carbocycles. The lowest BCUT2D eigenvalue weighted by Crippen LogP contribution is -2.51. The van der Waals surface area contributed by atoms with Crippen LogP contribution in [0.1, 0.15) is 59.3 Å². The summed E-state index contributed by atoms with van der Waals surface area (Å²) in [7, 11) is 0. The maximum Gasteiger partial charge on any atom is 0.315 e. The number of amides is 2. The topological polar surface area (TPSA) is 70.6 Å². The normalized spacial score (nSPS) is 23.9. The van der Waals surface area contributed by atoms with Gasteiger partial charge in [-0.15, -0.1) is 0 Å². The number of hydrogen-bond acceptors (Lipinski definition) is 3. The van der Waals surface area contributed by atoms with E-state index in [0.29, 0.717) is 12.3 Å². The SMILES string of the molecule is CC(C)CCOC1CCCCC1NC(=O)N[C@H](C)CCO. The van der Waals surface area contributed by atoms with Gasteiger partial charge in [0.1, 0.15) is 0 Å². The van der Waals surface area contributed by atoms with Gasteiger partial charge in [-0.2, -0.15) is 0 Å². The van der Waals surface area contributed by atoms with Crippen LogP contribution >= 0.6 is 0 Å². The van der Waals surface area contributed by atoms with Crippen molar-refractivity contribution in [1.29, 1.82) is 0 Å². The first-order valence-electron chi connectivity index (χ1n) is 8.32. The van der Waals surface area contributed by atoms with Crippen LogP contribution in [0.25, 0.3) is 0 Å². The summed E-state index contributed by atoms with van der Waals surface area (Å²) in [5.74, 6) is 0.641. The zero-order valence-electron chi connectivity index (χ0n) is 13.7. The number of aliphatic hydroxyl groups is 1. The molecule has 0 radical (unpaired) electrons. The Bertz CT molecular complexity index is 297. The molecular weight excluding hydrogens is 268 g/mol. The number of carbonyl (C=O) groups excluding carboxylic acids is 1. The molecule has 3 atom stereocenters. The molecule has 3 N–H and O–H groups in total. The number of urea groups is 1. The molecule has 1 aliphatic rings. The fourth-order valence-electron chi connectivity index (χ4n) is 2.62. The van der Waals surface area contributed by atoms with E-state index in [1.807, 2.05) is 6.92 Å². The first-order chi connectivity index (χ1) is 10.0. The highest BCUT2D eigenvalue weighted by Gasteiger charge is 2.27. The van der Waals surface area contributed by atoms with Crippen molar-refractivity contribution in [3.8, 4) is 0 Å². The van der Waals surface area contributed by atoms with Gasteiger partial charge in [0, 0.05) is 19.3 Å². The second-order valence-corrected chi connectivity index (χ2v) is 6.51. The average Bonchev–Trinajstić information content (AvgIpc) is 2.40. The third-order valence-electron chi connectivity index (χ3n) is 3.99. The Kier molecular flexibility index (Phi) is 8.69. The predicted molar refractivity (Wildman–Crippen MR) is 84.3 cm³/mol. The van der Waals surface area contributed by atoms with Crippen LogP contribution in [0.5, 0.6) is 0 Å². The summed E-state index contributed by atoms with van der Waals surface area (Å²) >= 11 is 0. The standard InChI is InChI=1S/C16H32N2O3/c1-12(2)9-11-21-15-7-5-4-6-14(15)18-16(20)17-13(3)8-10-19/h12-15,19H,4-11H2,1-3H3,(H2,17,18,20)/t13-,14?,15?/m1/s1. The Hall–Kier alpha value is -0.810. The summed E-state index contributed by atoms with van der Waals surface area (Å²) in [6.45, 7) is 7.13. The Morgan fingerprint density at radius 2 is 1.95 bits per heavy atom. The van der Waals surface area contributed by atoms with Gasteiger partial charge in [-0.05, 0) is 38.5 Å². The number of ether oxygens (including phenoxy) is 1. The molecule has 0 aromatic rings. The monoisotopic (exact) mass is 300 g/mol. The predicted octanol–water partition coefficient (Wildman–Crippen LogP) is 2.43. The summed E-state index contributed by atoms with van der Waals surface area (Å²) in [5.41, 5.74) is 0. The van der Waals surface area contributed by atoms with Crippen molar-refractivity contribution in [2.45, 2.75) is 77.5 Å². The van der Waals surface area contributed by atoms with E-state index >= 15 is 0 Å². The third kappa shape index (κ3) is 7.67. The van der Waals surface area contributed by atoms with Crippen LogP contribution < -0.4 is 10.6 Å². The van der Waals surface area contributed by atoms with Gasteiger partial charge in [0.05, 0.1) is 12.1 Å². The minimum atomic E-state index is -0.152. The Labute approximate surface area is 128 Å². The van der Waals surface area contributed by atoms with Gasteiger partial charge < -0.3 is 20.5 Å². The van der Waals surface area contributed by atoms with Crippen molar-refractivity contribution in [3.63, 3.8) is 0 Å². The highest BCUT2D eigenvalue weighted by atomic mass is 16.5. The van der Waals surface area contributed by atoms with Gasteiger partial charge in [0.15, 0.2) is 0 Å². The summed E-state index contributed by atoms with van der Waals surface area (Å²) in [5, 5.41) is 14.8. The molecule has 2 amide bonds. The quantitative estimate of drug-likeness (QED) is 0.645. The number of nitrogens with one attached hydrogen (secondary N) is 2. The molecular formula is C16H32N2O3. The Morgan fingerprint density at radius 1 is 1.24 bits per heavy atom. The molecule has 1 rings (SSSR count). The zero-order chi connectivity index (χ0) is 15.7. The van der Waals surface area contributed by atoms with Gasteiger partial charge in [0.2, 0.25) is 0 Å². The first kappa shape index (κ1) is 18.2. The van der Waals surface area contributed by atoms with Gasteiger partial charge in [-0.25, -0.2) is 4.79 Å². The summed E-state index contributed by atoms with van der Waals surface area (Å²) in [6, 6.07) is -0.0635. The number of carbonyl (C=O) groups is 1. The Balaban J connectivity index is 2.36. The molecule has 5 nitrogen and oxygen atoms in total. The molecule has 1 saturated carbocycles. The lowest BCUT2D eigenvalue weighted by molar-refractivity contribution is 0.00331. The van der Waals surface area contributed by atoms with E-state index in [4.69, 9.17) is 9.84 Å². The molecule has 2 unspecified atom stereocenters. The fourth-order valence-corrected chi connectivity index (χ4v) is 2.62. The van der Waals surface area contributed by atoms with Crippen LogP contribution in [0.3, 0.4) is 0 Å². The lowest BCUT2D eigenvalue weighted by atomic mass is 9.92. The molecule has 21 heavy (non-hydrogen) atoms. The molecule has 1 fully saturated rings. The van der Waals surface area contributed by atoms with Gasteiger partial charge in [-0.3, -0.25) is 0 Å². The minimum absolute atomic E-state index is 0.0149. The largest absolute Gasteiger partial charge is 0.396 e. The van der Waals surface area contributed by atoms with Crippen molar-refractivity contribution in [1.82, 2.24) is 10.6 Å². The number of aliphatic hydroxyl groups excluding tert-OH is 1. The zero-order valence-corrected chi connectivity index (χ0v) is 13.7. The van der Waals surface area contributed by atoms with Crippen molar-refractivity contribution in [3.05, 3.63) is 0 Å². The van der Waals surface area contributed by atoms with Crippen molar-refractivity contribution in [2.24, 2.45) is 5.92 Å². The van der Waals surface area contributed by atoms with Gasteiger partial charge in [-0.1, -0.05) is 26.7 Å². The molecule has 0 bridgehead atoms. The maximum absolute atomic E-state index is 12.0. The van der Waals surface area contributed by atoms with E-state index in [0.717, 1.165) is 32.3 Å². The van der Waals surface area contributed by atoms with E-state index in [2.05, 4.69) is 24.5 Å². The number of rotatable bonds is 8. The van der Waals surface area contributed by atoms with E-state index in [-0.39, 0.29) is 30.8 Å². The molecule has 124 valence electrons. The van der Waals surface area contributed by atoms with E-state index in [9.17, 15) is 4.79 Å². The highest BCUT2D eigenvalue weighted by molar-refractivity contribution is 5.74. The lowest BCUT2D eigenvalue weighted by Gasteiger charge is -2.32. The average molecular weight is 300 g/mol. The second kappa shape index (κ2) is 10.0. The molecule has 5 heteroatoms. The summed E-state index contributed by atoms with van der Waals surface area (Å²) in [4.78, 5) is 12.0. The van der Waals surface area contributed by atoms with E-state index in [1.165, 1.54) is 6.42 Å². The molecule has 0 aromatic carbocycles. The maximum atomic E-state index is 12.0. The molecule has 0 spiro atoms. The second-order valence-electron chi connectivity index (χ2n) is 6.51. The van der Waals surface area contributed by atoms with Crippen LogP contribution in [-0.4, -0.2) is 42.5 Å². The molecule has 0 aliphatic heterocycles. The molecule has 0 aromatic heterocycles. The minimum Gasteiger partial charge on any atom is -0.396 e. The van der Waals surface area contributed by atoms with Crippen LogP contribution in [0.2, 0.25) is 0 Å². The molecule has 0 heterocycles. The fraction of sp³-hybridized carbons (Fsp3) is 0.938. The summed E-state index contributed by atoms with van der Waals surface area (Å²) < 4.78 is 5.98. The number of hydrogen-bond donors (Lipinski definition) is 3. The van der Waals surface area contributed by atoms with E-state index in [1.54, 1.807) is 0 Å². The van der Waals surface area contributed by atoms with Crippen LogP contribution in [0.15, 0.2) is 0 Å². The van der Waals surface area contributed by atoms with Crippen molar-refractivity contribution >= 4 is 6.03 Å². The smallest absolute Gasteiger partial charge is 0.315 e. The van der Waals surface area contributed by atoms with E-state index < -0.39 is 0 Å². The van der Waals surface area contributed by atoms with Crippen molar-refractivity contribution in [2.75, 3.05) is 13.2 Å². The van der Waals surface area contributed by atoms with Gasteiger partial charge >= 0.3 is 6.03 Å². The van der Waals surface area contributed by atoms with Gasteiger partial charge in [0.25, 0.3) is 0 Å². The molecule has 0 saturated heterocycles. The highest BCUT2D eigenvalue weighted by Crippen LogP contribution is 2.22. The third-order valence-corrected chi connectivity index (χ3v) is 3.99. The Morgan fingerprint density at radius 3 is 2.62 bits per heavy atom. The summed E-state index contributed by atoms with van der Waals surface area (Å²) in [6.07, 6.45) is 6.09. The van der Waals surface area contributed by atoms with Crippen LogP contribution in [0, 0.1) is 5.92 Å². The van der Waals surface area contributed by atoms with Crippen LogP contribution in [-0.2, 0) is 4.74 Å².